The van der Waals surface area contributed by atoms with Crippen LogP contribution < -0.4 is 5.32 Å². The van der Waals surface area contributed by atoms with Crippen LogP contribution in [-0.2, 0) is 6.54 Å². The van der Waals surface area contributed by atoms with Crippen LogP contribution >= 0.6 is 34.5 Å². The lowest BCUT2D eigenvalue weighted by atomic mass is 10.3. The van der Waals surface area contributed by atoms with E-state index in [1.165, 1.54) is 0 Å². The molecular formula is C11H11Cl2N3S. The fourth-order valence-electron chi connectivity index (χ4n) is 1.32. The maximum atomic E-state index is 6.08. The highest BCUT2D eigenvalue weighted by atomic mass is 35.5. The van der Waals surface area contributed by atoms with Crippen molar-refractivity contribution in [3.05, 3.63) is 33.4 Å². The van der Waals surface area contributed by atoms with Crippen LogP contribution in [0.3, 0.4) is 0 Å². The topological polar surface area (TPSA) is 37.8 Å². The fourth-order valence-corrected chi connectivity index (χ4v) is 2.74. The second-order valence-electron chi connectivity index (χ2n) is 3.40. The molecule has 3 nitrogen and oxygen atoms in total. The molecular weight excluding hydrogens is 277 g/mol. The van der Waals surface area contributed by atoms with E-state index in [0.717, 1.165) is 23.0 Å². The predicted molar refractivity (Wildman–Crippen MR) is 72.7 cm³/mol. The van der Waals surface area contributed by atoms with Crippen LogP contribution in [0, 0.1) is 0 Å². The number of nitrogens with zero attached hydrogens (tertiary/aromatic N) is 2. The molecule has 0 unspecified atom stereocenters. The van der Waals surface area contributed by atoms with Gasteiger partial charge in [-0.25, -0.2) is 4.98 Å². The number of pyridine rings is 1. The van der Waals surface area contributed by atoms with Gasteiger partial charge in [0.2, 0.25) is 0 Å². The molecule has 0 saturated heterocycles. The molecule has 0 fully saturated rings. The predicted octanol–water partition coefficient (Wildman–Crippen LogP) is 3.62. The van der Waals surface area contributed by atoms with Crippen LogP contribution in [0.25, 0.3) is 10.7 Å². The maximum Gasteiger partial charge on any atom is 0.143 e. The molecule has 0 spiro atoms. The largest absolute Gasteiger partial charge is 0.312 e. The summed E-state index contributed by atoms with van der Waals surface area (Å²) in [5, 5.41) is 5.13. The van der Waals surface area contributed by atoms with Crippen molar-refractivity contribution in [3.8, 4) is 10.7 Å². The van der Waals surface area contributed by atoms with E-state index in [-0.39, 0.29) is 0 Å². The van der Waals surface area contributed by atoms with E-state index < -0.39 is 0 Å². The first kappa shape index (κ1) is 12.8. The third kappa shape index (κ3) is 3.16. The van der Waals surface area contributed by atoms with Crippen molar-refractivity contribution in [2.75, 3.05) is 6.54 Å². The Morgan fingerprint density at radius 2 is 2.12 bits per heavy atom. The van der Waals surface area contributed by atoms with Crippen LogP contribution in [0.1, 0.15) is 11.8 Å². The number of hydrogen-bond donors (Lipinski definition) is 1. The summed E-state index contributed by atoms with van der Waals surface area (Å²) in [4.78, 5) is 9.69. The zero-order valence-electron chi connectivity index (χ0n) is 9.20. The lowest BCUT2D eigenvalue weighted by molar-refractivity contribution is 0.734. The Bertz CT molecular complexity index is 513. The van der Waals surface area contributed by atoms with Gasteiger partial charge in [0.25, 0.3) is 0 Å². The first-order valence-corrected chi connectivity index (χ1v) is 6.74. The average Bonchev–Trinajstić information content (AvgIpc) is 2.75. The standard InChI is InChI=1S/C11H11Cl2N3S/c1-2-14-5-8-6-16-11(17-8)10-9(13)3-7(12)4-15-10/h3-4,6,14H,2,5H2,1H3. The molecule has 1 N–H and O–H groups in total. The van der Waals surface area contributed by atoms with Crippen molar-refractivity contribution >= 4 is 34.5 Å². The number of rotatable bonds is 4. The summed E-state index contributed by atoms with van der Waals surface area (Å²) in [6, 6.07) is 1.68. The molecule has 0 radical (unpaired) electrons. The van der Waals surface area contributed by atoms with E-state index in [0.29, 0.717) is 15.7 Å². The lowest BCUT2D eigenvalue weighted by Gasteiger charge is -1.99. The smallest absolute Gasteiger partial charge is 0.143 e. The van der Waals surface area contributed by atoms with Crippen molar-refractivity contribution in [1.29, 1.82) is 0 Å². The van der Waals surface area contributed by atoms with Crippen LogP contribution in [0.2, 0.25) is 10.0 Å². The molecule has 2 rings (SSSR count). The number of hydrogen-bond acceptors (Lipinski definition) is 4. The zero-order chi connectivity index (χ0) is 12.3. The molecule has 6 heteroatoms. The summed E-state index contributed by atoms with van der Waals surface area (Å²) in [7, 11) is 0. The zero-order valence-corrected chi connectivity index (χ0v) is 11.5. The maximum absolute atomic E-state index is 6.08. The number of halogens is 2. The van der Waals surface area contributed by atoms with E-state index in [4.69, 9.17) is 23.2 Å². The Kier molecular flexibility index (Phi) is 4.34. The van der Waals surface area contributed by atoms with Crippen molar-refractivity contribution in [3.63, 3.8) is 0 Å². The molecule has 2 heterocycles. The average molecular weight is 288 g/mol. The molecule has 0 bridgehead atoms. The summed E-state index contributed by atoms with van der Waals surface area (Å²) in [5.74, 6) is 0. The van der Waals surface area contributed by atoms with Gasteiger partial charge >= 0.3 is 0 Å². The summed E-state index contributed by atoms with van der Waals surface area (Å²) >= 11 is 13.5. The van der Waals surface area contributed by atoms with Gasteiger partial charge in [0.05, 0.1) is 10.0 Å². The van der Waals surface area contributed by atoms with Gasteiger partial charge in [0, 0.05) is 23.8 Å². The molecule has 0 saturated carbocycles. The molecule has 0 aromatic carbocycles. The van der Waals surface area contributed by atoms with E-state index in [1.54, 1.807) is 23.6 Å². The van der Waals surface area contributed by atoms with Crippen LogP contribution in [0.15, 0.2) is 18.5 Å². The van der Waals surface area contributed by atoms with Gasteiger partial charge in [-0.15, -0.1) is 11.3 Å². The minimum atomic E-state index is 0.529. The van der Waals surface area contributed by atoms with Gasteiger partial charge in [0.15, 0.2) is 0 Å². The quantitative estimate of drug-likeness (QED) is 0.933. The second-order valence-corrected chi connectivity index (χ2v) is 5.35. The molecule has 17 heavy (non-hydrogen) atoms. The summed E-state index contributed by atoms with van der Waals surface area (Å²) < 4.78 is 0. The van der Waals surface area contributed by atoms with Gasteiger partial charge in [-0.05, 0) is 12.6 Å². The molecule has 0 aliphatic heterocycles. The highest BCUT2D eigenvalue weighted by molar-refractivity contribution is 7.15. The van der Waals surface area contributed by atoms with E-state index in [2.05, 4.69) is 22.2 Å². The van der Waals surface area contributed by atoms with Crippen LogP contribution in [0.5, 0.6) is 0 Å². The first-order chi connectivity index (χ1) is 8.20. The summed E-state index contributed by atoms with van der Waals surface area (Å²) in [5.41, 5.74) is 0.684. The molecule has 0 aliphatic carbocycles. The van der Waals surface area contributed by atoms with E-state index in [9.17, 15) is 0 Å². The van der Waals surface area contributed by atoms with Crippen molar-refractivity contribution in [2.24, 2.45) is 0 Å². The Labute approximate surface area is 114 Å². The van der Waals surface area contributed by atoms with Crippen molar-refractivity contribution < 1.29 is 0 Å². The van der Waals surface area contributed by atoms with E-state index in [1.807, 2.05) is 6.20 Å². The highest BCUT2D eigenvalue weighted by Crippen LogP contribution is 2.30. The van der Waals surface area contributed by atoms with Crippen LogP contribution in [0.4, 0.5) is 0 Å². The third-order valence-electron chi connectivity index (χ3n) is 2.11. The highest BCUT2D eigenvalue weighted by Gasteiger charge is 2.10. The van der Waals surface area contributed by atoms with Gasteiger partial charge in [-0.1, -0.05) is 30.1 Å². The molecule has 0 aliphatic rings. The lowest BCUT2D eigenvalue weighted by Crippen LogP contribution is -2.10. The minimum Gasteiger partial charge on any atom is -0.312 e. The number of thiazole rings is 1. The van der Waals surface area contributed by atoms with Gasteiger partial charge in [-0.3, -0.25) is 4.98 Å². The Morgan fingerprint density at radius 3 is 2.82 bits per heavy atom. The van der Waals surface area contributed by atoms with Gasteiger partial charge < -0.3 is 5.32 Å². The Hall–Kier alpha value is -0.680. The van der Waals surface area contributed by atoms with E-state index >= 15 is 0 Å². The van der Waals surface area contributed by atoms with Gasteiger partial charge in [0.1, 0.15) is 10.7 Å². The van der Waals surface area contributed by atoms with Crippen LogP contribution in [-0.4, -0.2) is 16.5 Å². The van der Waals surface area contributed by atoms with Gasteiger partial charge in [-0.2, -0.15) is 0 Å². The van der Waals surface area contributed by atoms with Crippen molar-refractivity contribution in [2.45, 2.75) is 13.5 Å². The molecule has 0 amide bonds. The first-order valence-electron chi connectivity index (χ1n) is 5.17. The SMILES string of the molecule is CCNCc1cnc(-c2ncc(Cl)cc2Cl)s1. The fraction of sp³-hybridized carbons (Fsp3) is 0.273. The minimum absolute atomic E-state index is 0.529. The molecule has 2 aromatic rings. The number of nitrogens with one attached hydrogen (secondary N) is 1. The second kappa shape index (κ2) is 5.78. The summed E-state index contributed by atoms with van der Waals surface area (Å²) in [6.07, 6.45) is 3.42. The monoisotopic (exact) mass is 287 g/mol. The normalized spacial score (nSPS) is 10.8. The molecule has 0 atom stereocenters. The number of aromatic nitrogens is 2. The molecule has 90 valence electrons. The Balaban J connectivity index is 2.24. The van der Waals surface area contributed by atoms with Crippen molar-refractivity contribution in [1.82, 2.24) is 15.3 Å². The summed E-state index contributed by atoms with van der Waals surface area (Å²) in [6.45, 7) is 3.83. The Morgan fingerprint density at radius 1 is 1.29 bits per heavy atom. The molecule has 2 aromatic heterocycles. The third-order valence-corrected chi connectivity index (χ3v) is 3.61.